The van der Waals surface area contributed by atoms with Gasteiger partial charge in [0.05, 0.1) is 28.6 Å². The molecule has 2 heterocycles. The molecule has 11 heteroatoms. The molecule has 226 valence electrons. The van der Waals surface area contributed by atoms with E-state index in [2.05, 4.69) is 36.7 Å². The quantitative estimate of drug-likeness (QED) is 0.102. The number of phenols is 1. The third kappa shape index (κ3) is 6.21. The average Bonchev–Trinajstić information content (AvgIpc) is 3.22. The Morgan fingerprint density at radius 1 is 1.19 bits per heavy atom. The van der Waals surface area contributed by atoms with Crippen LogP contribution in [0.15, 0.2) is 63.7 Å². The SMILES string of the molecule is CCC/C(=C\c1cc(Br)ccc1O)CC[C@H]1OB(O)C[C@H]2C1=C(C(C)C)C[C@H]1C(=O)N(c3cccc([N+](=O)[O-])c3)C(=O)[C@H]12. The van der Waals surface area contributed by atoms with E-state index in [9.17, 15) is 29.8 Å². The Hall–Kier alpha value is -3.28. The molecule has 5 rings (SSSR count). The van der Waals surface area contributed by atoms with Crippen molar-refractivity contribution in [3.63, 3.8) is 0 Å². The number of nitrogens with zero attached hydrogens (tertiary/aromatic N) is 2. The Balaban J connectivity index is 1.46. The number of rotatable bonds is 9. The number of hydrogen-bond donors (Lipinski definition) is 2. The summed E-state index contributed by atoms with van der Waals surface area (Å²) >= 11 is 3.47. The van der Waals surface area contributed by atoms with Crippen LogP contribution in [0.2, 0.25) is 6.32 Å². The van der Waals surface area contributed by atoms with Gasteiger partial charge in [-0.1, -0.05) is 66.4 Å². The maximum atomic E-state index is 13.9. The van der Waals surface area contributed by atoms with Crippen LogP contribution in [0.3, 0.4) is 0 Å². The molecule has 0 aromatic heterocycles. The van der Waals surface area contributed by atoms with Crippen LogP contribution >= 0.6 is 15.9 Å². The van der Waals surface area contributed by atoms with E-state index in [1.807, 2.05) is 12.1 Å². The van der Waals surface area contributed by atoms with Gasteiger partial charge in [-0.05, 0) is 73.7 Å². The van der Waals surface area contributed by atoms with Gasteiger partial charge in [0.1, 0.15) is 5.75 Å². The number of nitro groups is 1. The number of imide groups is 1. The van der Waals surface area contributed by atoms with Crippen molar-refractivity contribution in [2.24, 2.45) is 23.7 Å². The van der Waals surface area contributed by atoms with Gasteiger partial charge in [-0.25, -0.2) is 4.90 Å². The summed E-state index contributed by atoms with van der Waals surface area (Å²) < 4.78 is 7.02. The number of halogens is 1. The summed E-state index contributed by atoms with van der Waals surface area (Å²) in [6.45, 7) is 6.24. The first kappa shape index (κ1) is 31.2. The van der Waals surface area contributed by atoms with E-state index in [1.165, 1.54) is 18.2 Å². The fourth-order valence-electron chi connectivity index (χ4n) is 7.02. The van der Waals surface area contributed by atoms with E-state index in [1.54, 1.807) is 18.2 Å². The lowest BCUT2D eigenvalue weighted by Gasteiger charge is -2.44. The molecule has 2 aromatic carbocycles. The molecule has 2 aromatic rings. The molecule has 4 atom stereocenters. The minimum atomic E-state index is -1.09. The van der Waals surface area contributed by atoms with Gasteiger partial charge in [-0.2, -0.15) is 0 Å². The zero-order chi connectivity index (χ0) is 31.0. The maximum Gasteiger partial charge on any atom is 0.455 e. The lowest BCUT2D eigenvalue weighted by atomic mass is 9.57. The van der Waals surface area contributed by atoms with Crippen LogP contribution in [0, 0.1) is 33.8 Å². The van der Waals surface area contributed by atoms with Crippen molar-refractivity contribution in [3.05, 3.63) is 79.3 Å². The number of aromatic hydroxyl groups is 1. The Morgan fingerprint density at radius 3 is 2.65 bits per heavy atom. The number of carbonyl (C=O) groups is 2. The fraction of sp³-hybridized carbons (Fsp3) is 0.438. The second kappa shape index (κ2) is 12.8. The van der Waals surface area contributed by atoms with Crippen LogP contribution in [-0.2, 0) is 14.2 Å². The summed E-state index contributed by atoms with van der Waals surface area (Å²) in [4.78, 5) is 39.6. The molecule has 43 heavy (non-hydrogen) atoms. The molecule has 2 fully saturated rings. The third-order valence-corrected chi connectivity index (χ3v) is 9.38. The molecule has 2 amide bonds. The van der Waals surface area contributed by atoms with Gasteiger partial charge in [0.15, 0.2) is 0 Å². The predicted molar refractivity (Wildman–Crippen MR) is 168 cm³/mol. The first-order chi connectivity index (χ1) is 20.5. The van der Waals surface area contributed by atoms with Crippen LogP contribution in [0.4, 0.5) is 11.4 Å². The highest BCUT2D eigenvalue weighted by Crippen LogP contribution is 2.52. The van der Waals surface area contributed by atoms with E-state index in [0.29, 0.717) is 19.3 Å². The molecule has 9 nitrogen and oxygen atoms in total. The van der Waals surface area contributed by atoms with E-state index < -0.39 is 30.0 Å². The average molecular weight is 651 g/mol. The lowest BCUT2D eigenvalue weighted by Crippen LogP contribution is -2.46. The molecule has 2 saturated heterocycles. The summed E-state index contributed by atoms with van der Waals surface area (Å²) in [5, 5.41) is 32.7. The molecular weight excluding hydrogens is 615 g/mol. The monoisotopic (exact) mass is 650 g/mol. The topological polar surface area (TPSA) is 130 Å². The standard InChI is InChI=1S/C32H36BBrN2O7/c1-4-6-19(13-20-14-21(34)10-11-27(20)37)9-12-28-29-24(18(2)3)16-25-30(26(29)17-33(40)43-28)32(39)35(31(25)38)22-7-5-8-23(15-22)36(41)42/h5,7-8,10-11,13-15,18,25-26,28,30,37,40H,4,6,9,12,16-17H2,1-3H3/b19-13+/t25-,26+,28-,30-/m1/s1. The Bertz CT molecular complexity index is 1510. The number of allylic oxidation sites excluding steroid dienone is 2. The van der Waals surface area contributed by atoms with E-state index in [-0.39, 0.29) is 47.1 Å². The second-order valence-corrected chi connectivity index (χ2v) is 12.9. The number of benzene rings is 2. The van der Waals surface area contributed by atoms with Gasteiger partial charge >= 0.3 is 7.12 Å². The molecule has 0 radical (unpaired) electrons. The summed E-state index contributed by atoms with van der Waals surface area (Å²) in [6.07, 6.45) is 5.18. The molecule has 0 unspecified atom stereocenters. The number of nitro benzene ring substituents is 1. The maximum absolute atomic E-state index is 13.9. The van der Waals surface area contributed by atoms with Crippen molar-refractivity contribution in [1.82, 2.24) is 0 Å². The number of non-ortho nitro benzene ring substituents is 1. The van der Waals surface area contributed by atoms with Crippen molar-refractivity contribution < 1.29 is 29.3 Å². The molecule has 1 aliphatic carbocycles. The Labute approximate surface area is 260 Å². The van der Waals surface area contributed by atoms with Crippen LogP contribution in [-0.4, -0.2) is 40.1 Å². The summed E-state index contributed by atoms with van der Waals surface area (Å²) in [5.74, 6) is -2.09. The first-order valence-electron chi connectivity index (χ1n) is 14.9. The van der Waals surface area contributed by atoms with Crippen molar-refractivity contribution >= 4 is 52.3 Å². The van der Waals surface area contributed by atoms with Gasteiger partial charge in [0, 0.05) is 22.2 Å². The van der Waals surface area contributed by atoms with Crippen molar-refractivity contribution in [2.45, 2.75) is 65.3 Å². The van der Waals surface area contributed by atoms with Crippen LogP contribution in [0.25, 0.3) is 6.08 Å². The van der Waals surface area contributed by atoms with Crippen LogP contribution < -0.4 is 4.90 Å². The van der Waals surface area contributed by atoms with Gasteiger partial charge in [0.25, 0.3) is 5.69 Å². The molecule has 2 aliphatic heterocycles. The van der Waals surface area contributed by atoms with Gasteiger partial charge < -0.3 is 14.8 Å². The highest BCUT2D eigenvalue weighted by atomic mass is 79.9. The normalized spacial score (nSPS) is 24.1. The summed E-state index contributed by atoms with van der Waals surface area (Å²) in [7, 11) is -1.09. The number of anilines is 1. The predicted octanol–water partition coefficient (Wildman–Crippen LogP) is 6.68. The van der Waals surface area contributed by atoms with E-state index in [0.717, 1.165) is 44.5 Å². The zero-order valence-corrected chi connectivity index (χ0v) is 26.1. The van der Waals surface area contributed by atoms with Crippen molar-refractivity contribution in [2.75, 3.05) is 4.90 Å². The molecule has 0 saturated carbocycles. The number of phenolic OH excluding ortho intramolecular Hbond substituents is 1. The highest BCUT2D eigenvalue weighted by Gasteiger charge is 2.58. The Morgan fingerprint density at radius 2 is 1.95 bits per heavy atom. The van der Waals surface area contributed by atoms with Crippen molar-refractivity contribution in [1.29, 1.82) is 0 Å². The summed E-state index contributed by atoms with van der Waals surface area (Å²) in [5.41, 5.74) is 3.95. The van der Waals surface area contributed by atoms with Crippen LogP contribution in [0.1, 0.15) is 58.4 Å². The van der Waals surface area contributed by atoms with Crippen LogP contribution in [0.5, 0.6) is 5.75 Å². The molecule has 0 bridgehead atoms. The fourth-order valence-corrected chi connectivity index (χ4v) is 7.40. The first-order valence-corrected chi connectivity index (χ1v) is 15.7. The number of amides is 2. The minimum absolute atomic E-state index is 0.0961. The zero-order valence-electron chi connectivity index (χ0n) is 24.5. The Kier molecular flexibility index (Phi) is 9.24. The van der Waals surface area contributed by atoms with Gasteiger partial charge in [0.2, 0.25) is 11.8 Å². The lowest BCUT2D eigenvalue weighted by molar-refractivity contribution is -0.384. The number of carbonyl (C=O) groups excluding carboxylic acids is 2. The third-order valence-electron chi connectivity index (χ3n) is 8.89. The summed E-state index contributed by atoms with van der Waals surface area (Å²) in [6, 6.07) is 10.9. The van der Waals surface area contributed by atoms with Gasteiger partial charge in [-0.3, -0.25) is 19.7 Å². The number of fused-ring (bicyclic) bond motifs is 3. The molecule has 3 aliphatic rings. The molecular formula is C32H36BBrN2O7. The highest BCUT2D eigenvalue weighted by molar-refractivity contribution is 9.10. The minimum Gasteiger partial charge on any atom is -0.507 e. The number of hydrogen-bond acceptors (Lipinski definition) is 7. The smallest absolute Gasteiger partial charge is 0.455 e. The largest absolute Gasteiger partial charge is 0.507 e. The van der Waals surface area contributed by atoms with Crippen molar-refractivity contribution in [3.8, 4) is 5.75 Å². The molecule has 0 spiro atoms. The van der Waals surface area contributed by atoms with Gasteiger partial charge in [-0.15, -0.1) is 0 Å². The van der Waals surface area contributed by atoms with E-state index in [4.69, 9.17) is 4.65 Å². The van der Waals surface area contributed by atoms with E-state index >= 15 is 0 Å². The second-order valence-electron chi connectivity index (χ2n) is 12.0. The molecule has 2 N–H and O–H groups in total.